The second-order valence-electron chi connectivity index (χ2n) is 6.51. The van der Waals surface area contributed by atoms with Gasteiger partial charge in [0.25, 0.3) is 0 Å². The van der Waals surface area contributed by atoms with Crippen LogP contribution in [-0.2, 0) is 6.18 Å². The highest BCUT2D eigenvalue weighted by molar-refractivity contribution is 6.23. The molecular weight excluding hydrogens is 409 g/mol. The fourth-order valence-electron chi connectivity index (χ4n) is 2.95. The van der Waals surface area contributed by atoms with Gasteiger partial charge in [-0.15, -0.1) is 5.10 Å². The van der Waals surface area contributed by atoms with Gasteiger partial charge in [0.05, 0.1) is 5.56 Å². The minimum Gasteiger partial charge on any atom is -0.437 e. The number of amidine groups is 1. The fourth-order valence-corrected chi connectivity index (χ4v) is 3.14. The van der Waals surface area contributed by atoms with Crippen LogP contribution < -0.4 is 15.5 Å². The normalized spacial score (nSPS) is 21.1. The zero-order valence-corrected chi connectivity index (χ0v) is 16.1. The number of hydrazone groups is 2. The first-order valence-electron chi connectivity index (χ1n) is 8.62. The number of halogens is 4. The molecule has 0 amide bonds. The highest BCUT2D eigenvalue weighted by Crippen LogP contribution is 2.36. The molecule has 1 unspecified atom stereocenters. The summed E-state index contributed by atoms with van der Waals surface area (Å²) in [6.45, 7) is 3.95. The molecule has 0 spiro atoms. The molecule has 2 N–H and O–H groups in total. The molecule has 1 aromatic carbocycles. The zero-order chi connectivity index (χ0) is 20.8. The summed E-state index contributed by atoms with van der Waals surface area (Å²) in [7, 11) is 0. The van der Waals surface area contributed by atoms with Gasteiger partial charge in [-0.25, -0.2) is 5.01 Å². The number of hydrogen-bond acceptors (Lipinski definition) is 7. The van der Waals surface area contributed by atoms with Crippen molar-refractivity contribution in [3.8, 4) is 5.75 Å². The molecule has 3 heterocycles. The Kier molecular flexibility index (Phi) is 4.73. The van der Waals surface area contributed by atoms with E-state index in [4.69, 9.17) is 16.3 Å². The van der Waals surface area contributed by atoms with Gasteiger partial charge < -0.3 is 10.1 Å². The van der Waals surface area contributed by atoms with E-state index in [1.807, 2.05) is 6.92 Å². The van der Waals surface area contributed by atoms with Gasteiger partial charge in [0.15, 0.2) is 5.84 Å². The average Bonchev–Trinajstić information content (AvgIpc) is 3.02. The van der Waals surface area contributed by atoms with Gasteiger partial charge in [-0.2, -0.15) is 18.3 Å². The van der Waals surface area contributed by atoms with Gasteiger partial charge in [0.2, 0.25) is 11.5 Å². The predicted molar refractivity (Wildman–Crippen MR) is 104 cm³/mol. The largest absolute Gasteiger partial charge is 0.437 e. The highest BCUT2D eigenvalue weighted by atomic mass is 35.5. The van der Waals surface area contributed by atoms with Crippen LogP contribution in [0, 0.1) is 0 Å². The van der Waals surface area contributed by atoms with E-state index < -0.39 is 17.4 Å². The third kappa shape index (κ3) is 3.67. The summed E-state index contributed by atoms with van der Waals surface area (Å²) < 4.78 is 45.8. The lowest BCUT2D eigenvalue weighted by molar-refractivity contribution is -0.137. The predicted octanol–water partition coefficient (Wildman–Crippen LogP) is 3.46. The molecule has 3 aliphatic rings. The molecule has 152 valence electrons. The maximum Gasteiger partial charge on any atom is 0.416 e. The third-order valence-corrected chi connectivity index (χ3v) is 4.76. The molecule has 11 heteroatoms. The lowest BCUT2D eigenvalue weighted by Gasteiger charge is -2.23. The second kappa shape index (κ2) is 7.11. The summed E-state index contributed by atoms with van der Waals surface area (Å²) in [5.74, 6) is 0.619. The van der Waals surface area contributed by atoms with Crippen LogP contribution in [0.5, 0.6) is 5.75 Å². The van der Waals surface area contributed by atoms with Crippen LogP contribution in [0.15, 0.2) is 50.7 Å². The highest BCUT2D eigenvalue weighted by Gasteiger charge is 2.33. The van der Waals surface area contributed by atoms with Crippen LogP contribution >= 0.6 is 11.6 Å². The number of benzene rings is 1. The minimum absolute atomic E-state index is 0.00879. The van der Waals surface area contributed by atoms with E-state index in [9.17, 15) is 13.2 Å². The lowest BCUT2D eigenvalue weighted by atomic mass is 10.0. The number of allylic oxidation sites excluding steroid dienone is 2. The van der Waals surface area contributed by atoms with Crippen molar-refractivity contribution < 1.29 is 17.9 Å². The van der Waals surface area contributed by atoms with Crippen molar-refractivity contribution in [1.82, 2.24) is 15.8 Å². The maximum absolute atomic E-state index is 13.3. The Labute approximate surface area is 169 Å². The quantitative estimate of drug-likeness (QED) is 0.563. The van der Waals surface area contributed by atoms with Gasteiger partial charge >= 0.3 is 6.18 Å². The van der Waals surface area contributed by atoms with Crippen LogP contribution in [0.1, 0.15) is 25.0 Å². The number of nitrogens with one attached hydrogen (secondary N) is 2. The molecule has 3 aliphatic heterocycles. The Morgan fingerprint density at radius 3 is 2.79 bits per heavy atom. The smallest absolute Gasteiger partial charge is 0.416 e. The minimum atomic E-state index is -4.52. The molecule has 4 rings (SSSR count). The standard InChI is InChI=1S/C18H16ClF3N6O/c1-9-5-15-25-26-17(19)28(15)27-16(9)29-14-6-11(18(20,21)22)3-4-12(14)13-7-23-8-24-10(13)2/h3-7,17,24,26H,8H2,1-2H3. The van der Waals surface area contributed by atoms with E-state index in [2.05, 4.69) is 25.9 Å². The number of nitrogens with zero attached hydrogens (tertiary/aromatic N) is 4. The fraction of sp³-hybridized carbons (Fsp3) is 0.278. The van der Waals surface area contributed by atoms with Crippen molar-refractivity contribution in [2.45, 2.75) is 25.6 Å². The first-order valence-corrected chi connectivity index (χ1v) is 9.05. The Balaban J connectivity index is 1.77. The van der Waals surface area contributed by atoms with Gasteiger partial charge in [0.1, 0.15) is 12.4 Å². The molecule has 0 saturated heterocycles. The Morgan fingerprint density at radius 2 is 2.07 bits per heavy atom. The Bertz CT molecular complexity index is 1010. The Hall–Kier alpha value is -3.01. The second-order valence-corrected chi connectivity index (χ2v) is 6.92. The summed E-state index contributed by atoms with van der Waals surface area (Å²) in [6.07, 6.45) is -1.23. The summed E-state index contributed by atoms with van der Waals surface area (Å²) >= 11 is 6.09. The zero-order valence-electron chi connectivity index (χ0n) is 15.4. The monoisotopic (exact) mass is 424 g/mol. The van der Waals surface area contributed by atoms with E-state index >= 15 is 0 Å². The SMILES string of the molecule is CC1=CC2=NNC(Cl)N2N=C1Oc1cc(C(F)(F)F)ccc1C1=C(C)NCN=C1. The Morgan fingerprint density at radius 1 is 1.28 bits per heavy atom. The molecule has 0 radical (unpaired) electrons. The molecule has 0 aliphatic carbocycles. The average molecular weight is 425 g/mol. The lowest BCUT2D eigenvalue weighted by Crippen LogP contribution is -2.35. The molecule has 7 nitrogen and oxygen atoms in total. The van der Waals surface area contributed by atoms with Gasteiger partial charge in [-0.3, -0.25) is 10.4 Å². The number of hydrogen-bond donors (Lipinski definition) is 2. The molecule has 1 aromatic rings. The first-order chi connectivity index (χ1) is 13.7. The third-order valence-electron chi connectivity index (χ3n) is 4.48. The molecular formula is C18H16ClF3N6O. The topological polar surface area (TPSA) is 73.6 Å². The van der Waals surface area contributed by atoms with Gasteiger partial charge in [-0.1, -0.05) is 11.6 Å². The molecule has 0 bridgehead atoms. The van der Waals surface area contributed by atoms with Crippen molar-refractivity contribution >= 4 is 35.1 Å². The maximum atomic E-state index is 13.3. The van der Waals surface area contributed by atoms with Crippen molar-refractivity contribution in [2.75, 3.05) is 6.67 Å². The van der Waals surface area contributed by atoms with E-state index in [0.717, 1.165) is 17.8 Å². The molecule has 0 saturated carbocycles. The van der Waals surface area contributed by atoms with Crippen LogP contribution in [-0.4, -0.2) is 35.3 Å². The summed E-state index contributed by atoms with van der Waals surface area (Å²) in [5.41, 5.74) is 3.59. The van der Waals surface area contributed by atoms with Crippen molar-refractivity contribution in [3.63, 3.8) is 0 Å². The van der Waals surface area contributed by atoms with Crippen molar-refractivity contribution in [1.29, 1.82) is 0 Å². The summed E-state index contributed by atoms with van der Waals surface area (Å²) in [6, 6.07) is 3.34. The van der Waals surface area contributed by atoms with E-state index in [-0.39, 0.29) is 11.6 Å². The van der Waals surface area contributed by atoms with Crippen LogP contribution in [0.2, 0.25) is 0 Å². The molecule has 0 aromatic heterocycles. The van der Waals surface area contributed by atoms with Crippen LogP contribution in [0.25, 0.3) is 5.57 Å². The van der Waals surface area contributed by atoms with Gasteiger partial charge in [0, 0.05) is 28.6 Å². The number of ether oxygens (including phenoxy) is 1. The number of fused-ring (bicyclic) bond motifs is 1. The summed E-state index contributed by atoms with van der Waals surface area (Å²) in [4.78, 5) is 4.15. The summed E-state index contributed by atoms with van der Waals surface area (Å²) in [5, 5.41) is 12.7. The van der Waals surface area contributed by atoms with Crippen molar-refractivity contribution in [2.24, 2.45) is 15.2 Å². The van der Waals surface area contributed by atoms with Crippen LogP contribution in [0.3, 0.4) is 0 Å². The first kappa shape index (κ1) is 19.3. The number of alkyl halides is 4. The van der Waals surface area contributed by atoms with E-state index in [0.29, 0.717) is 29.2 Å². The molecule has 1 atom stereocenters. The van der Waals surface area contributed by atoms with Crippen molar-refractivity contribution in [3.05, 3.63) is 46.7 Å². The van der Waals surface area contributed by atoms with Crippen LogP contribution in [0.4, 0.5) is 13.2 Å². The van der Waals surface area contributed by atoms with E-state index in [1.54, 1.807) is 19.2 Å². The number of rotatable bonds is 2. The molecule has 0 fully saturated rings. The number of aliphatic imine (C=N–C) groups is 1. The van der Waals surface area contributed by atoms with E-state index in [1.165, 1.54) is 11.1 Å². The molecule has 29 heavy (non-hydrogen) atoms. The van der Waals surface area contributed by atoms with Gasteiger partial charge in [-0.05, 0) is 38.1 Å².